The van der Waals surface area contributed by atoms with Crippen LogP contribution in [-0.2, 0) is 0 Å². The van der Waals surface area contributed by atoms with Gasteiger partial charge in [0.25, 0.3) is 0 Å². The van der Waals surface area contributed by atoms with Crippen LogP contribution in [0.5, 0.6) is 0 Å². The molecule has 0 bridgehead atoms. The number of halogens is 1. The third kappa shape index (κ3) is 2.19. The molecule has 1 N–H and O–H groups in total. The van der Waals surface area contributed by atoms with Gasteiger partial charge in [-0.2, -0.15) is 5.10 Å². The largest absolute Gasteiger partial charge is 0.257 e. The average molecular weight is 351 g/mol. The second-order valence-electron chi connectivity index (χ2n) is 4.87. The topological polar surface area (TPSA) is 54.5 Å². The highest BCUT2D eigenvalue weighted by Gasteiger charge is 2.13. The fourth-order valence-corrected chi connectivity index (χ4v) is 2.90. The molecule has 0 amide bonds. The zero-order valence-electron chi connectivity index (χ0n) is 11.5. The van der Waals surface area contributed by atoms with E-state index in [-0.39, 0.29) is 0 Å². The highest BCUT2D eigenvalue weighted by molar-refractivity contribution is 9.10. The van der Waals surface area contributed by atoms with E-state index in [2.05, 4.69) is 42.2 Å². The van der Waals surface area contributed by atoms with E-state index < -0.39 is 0 Å². The molecule has 0 saturated carbocycles. The average Bonchev–Trinajstić information content (AvgIpc) is 3.04. The molecule has 0 atom stereocenters. The van der Waals surface area contributed by atoms with E-state index >= 15 is 0 Å². The first kappa shape index (κ1) is 13.2. The molecule has 5 heteroatoms. The fourth-order valence-electron chi connectivity index (χ4n) is 2.44. The zero-order valence-corrected chi connectivity index (χ0v) is 13.1. The van der Waals surface area contributed by atoms with Crippen LogP contribution in [0.25, 0.3) is 33.7 Å². The van der Waals surface area contributed by atoms with Crippen LogP contribution in [0.1, 0.15) is 0 Å². The van der Waals surface area contributed by atoms with E-state index in [1.165, 1.54) is 0 Å². The number of H-pyrrole nitrogens is 1. The molecule has 0 unspecified atom stereocenters. The third-order valence-corrected chi connectivity index (χ3v) is 4.19. The monoisotopic (exact) mass is 350 g/mol. The molecule has 4 rings (SSSR count). The molecule has 0 saturated heterocycles. The maximum absolute atomic E-state index is 4.60. The molecule has 0 aliphatic heterocycles. The van der Waals surface area contributed by atoms with Gasteiger partial charge >= 0.3 is 0 Å². The van der Waals surface area contributed by atoms with E-state index in [1.807, 2.05) is 48.5 Å². The molecular weight excluding hydrogens is 340 g/mol. The van der Waals surface area contributed by atoms with E-state index in [1.54, 1.807) is 6.20 Å². The number of fused-ring (bicyclic) bond motifs is 1. The minimum atomic E-state index is 0.650. The molecule has 0 radical (unpaired) electrons. The van der Waals surface area contributed by atoms with Gasteiger partial charge < -0.3 is 0 Å². The number of aromatic amines is 1. The Morgan fingerprint density at radius 1 is 0.909 bits per heavy atom. The lowest BCUT2D eigenvalue weighted by Gasteiger charge is -2.01. The van der Waals surface area contributed by atoms with E-state index in [9.17, 15) is 0 Å². The van der Waals surface area contributed by atoms with Crippen molar-refractivity contribution in [2.45, 2.75) is 0 Å². The Kier molecular flexibility index (Phi) is 3.20. The standard InChI is InChI=1S/C17H11BrN4/c18-14-8-4-3-7-13(14)16-20-17(22-21-16)15-12-6-2-1-5-11(12)9-10-19-15/h1-10H,(H,20,21,22). The normalized spacial score (nSPS) is 11.0. The van der Waals surface area contributed by atoms with Gasteiger partial charge in [0.05, 0.1) is 0 Å². The van der Waals surface area contributed by atoms with Gasteiger partial charge in [-0.05, 0) is 23.6 Å². The summed E-state index contributed by atoms with van der Waals surface area (Å²) in [6.07, 6.45) is 1.79. The first-order valence-electron chi connectivity index (χ1n) is 6.84. The Morgan fingerprint density at radius 2 is 1.73 bits per heavy atom. The molecule has 2 aromatic heterocycles. The van der Waals surface area contributed by atoms with Gasteiger partial charge in [-0.3, -0.25) is 10.1 Å². The number of aromatic nitrogens is 4. The first-order valence-corrected chi connectivity index (χ1v) is 7.63. The predicted molar refractivity (Wildman–Crippen MR) is 90.3 cm³/mol. The van der Waals surface area contributed by atoms with Crippen molar-refractivity contribution in [1.82, 2.24) is 20.2 Å². The van der Waals surface area contributed by atoms with Crippen LogP contribution in [0, 0.1) is 0 Å². The van der Waals surface area contributed by atoms with E-state index in [0.29, 0.717) is 11.6 Å². The SMILES string of the molecule is Brc1ccccc1-c1n[nH]c(-c2nccc3ccccc23)n1. The van der Waals surface area contributed by atoms with Crippen molar-refractivity contribution in [3.8, 4) is 22.9 Å². The molecule has 0 aliphatic rings. The molecular formula is C17H11BrN4. The lowest BCUT2D eigenvalue weighted by Crippen LogP contribution is -1.88. The Bertz CT molecular complexity index is 956. The van der Waals surface area contributed by atoms with Gasteiger partial charge in [0.1, 0.15) is 5.69 Å². The smallest absolute Gasteiger partial charge is 0.182 e. The molecule has 0 aliphatic carbocycles. The maximum Gasteiger partial charge on any atom is 0.182 e. The fraction of sp³-hybridized carbons (Fsp3) is 0. The molecule has 106 valence electrons. The summed E-state index contributed by atoms with van der Waals surface area (Å²) >= 11 is 3.53. The van der Waals surface area contributed by atoms with Crippen molar-refractivity contribution in [3.63, 3.8) is 0 Å². The predicted octanol–water partition coefficient (Wildman–Crippen LogP) is 4.45. The van der Waals surface area contributed by atoms with Crippen molar-refractivity contribution >= 4 is 26.7 Å². The lowest BCUT2D eigenvalue weighted by molar-refractivity contribution is 1.09. The number of benzene rings is 2. The Morgan fingerprint density at radius 3 is 2.64 bits per heavy atom. The minimum absolute atomic E-state index is 0.650. The van der Waals surface area contributed by atoms with Gasteiger partial charge in [-0.15, -0.1) is 0 Å². The van der Waals surface area contributed by atoms with Crippen molar-refractivity contribution in [2.24, 2.45) is 0 Å². The number of nitrogens with zero attached hydrogens (tertiary/aromatic N) is 3. The maximum atomic E-state index is 4.60. The minimum Gasteiger partial charge on any atom is -0.257 e. The molecule has 4 nitrogen and oxygen atoms in total. The van der Waals surface area contributed by atoms with Gasteiger partial charge in [0.2, 0.25) is 0 Å². The van der Waals surface area contributed by atoms with Crippen LogP contribution in [0.2, 0.25) is 0 Å². The summed E-state index contributed by atoms with van der Waals surface area (Å²) < 4.78 is 0.964. The van der Waals surface area contributed by atoms with Gasteiger partial charge in [-0.1, -0.05) is 52.3 Å². The van der Waals surface area contributed by atoms with Crippen LogP contribution < -0.4 is 0 Å². The summed E-state index contributed by atoms with van der Waals surface area (Å²) in [6, 6.07) is 18.0. The summed E-state index contributed by atoms with van der Waals surface area (Å²) in [5, 5.41) is 9.51. The molecule has 4 aromatic rings. The number of nitrogens with one attached hydrogen (secondary N) is 1. The summed E-state index contributed by atoms with van der Waals surface area (Å²) in [4.78, 5) is 9.06. The number of rotatable bonds is 2. The van der Waals surface area contributed by atoms with Crippen LogP contribution in [0.4, 0.5) is 0 Å². The highest BCUT2D eigenvalue weighted by Crippen LogP contribution is 2.28. The summed E-state index contributed by atoms with van der Waals surface area (Å²) in [5.41, 5.74) is 1.76. The van der Waals surface area contributed by atoms with E-state index in [0.717, 1.165) is 26.5 Å². The molecule has 22 heavy (non-hydrogen) atoms. The molecule has 0 spiro atoms. The van der Waals surface area contributed by atoms with Crippen LogP contribution >= 0.6 is 15.9 Å². The number of hydrogen-bond donors (Lipinski definition) is 1. The van der Waals surface area contributed by atoms with Crippen LogP contribution in [0.15, 0.2) is 65.3 Å². The summed E-state index contributed by atoms with van der Waals surface area (Å²) in [6.45, 7) is 0. The van der Waals surface area contributed by atoms with Gasteiger partial charge in [0, 0.05) is 21.6 Å². The third-order valence-electron chi connectivity index (χ3n) is 3.50. The summed E-state index contributed by atoms with van der Waals surface area (Å²) in [5.74, 6) is 1.32. The number of hydrogen-bond acceptors (Lipinski definition) is 3. The highest BCUT2D eigenvalue weighted by atomic mass is 79.9. The first-order chi connectivity index (χ1) is 10.8. The van der Waals surface area contributed by atoms with Crippen LogP contribution in [0.3, 0.4) is 0 Å². The second-order valence-corrected chi connectivity index (χ2v) is 5.72. The Hall–Kier alpha value is -2.53. The Labute approximate surface area is 135 Å². The molecule has 0 fully saturated rings. The number of pyridine rings is 1. The van der Waals surface area contributed by atoms with Crippen molar-refractivity contribution in [2.75, 3.05) is 0 Å². The van der Waals surface area contributed by atoms with Crippen molar-refractivity contribution in [1.29, 1.82) is 0 Å². The summed E-state index contributed by atoms with van der Waals surface area (Å²) in [7, 11) is 0. The van der Waals surface area contributed by atoms with Gasteiger partial charge in [-0.25, -0.2) is 4.98 Å². The van der Waals surface area contributed by atoms with Crippen molar-refractivity contribution < 1.29 is 0 Å². The lowest BCUT2D eigenvalue weighted by atomic mass is 10.1. The molecule has 2 heterocycles. The van der Waals surface area contributed by atoms with E-state index in [4.69, 9.17) is 0 Å². The second kappa shape index (κ2) is 5.35. The Balaban J connectivity index is 1.86. The van der Waals surface area contributed by atoms with Crippen LogP contribution in [-0.4, -0.2) is 20.2 Å². The quantitative estimate of drug-likeness (QED) is 0.581. The molecule has 2 aromatic carbocycles. The van der Waals surface area contributed by atoms with Gasteiger partial charge in [0.15, 0.2) is 11.6 Å². The zero-order chi connectivity index (χ0) is 14.9. The van der Waals surface area contributed by atoms with Crippen molar-refractivity contribution in [3.05, 3.63) is 65.3 Å².